The van der Waals surface area contributed by atoms with E-state index in [-0.39, 0.29) is 0 Å². The second-order valence-electron chi connectivity index (χ2n) is 16.1. The summed E-state index contributed by atoms with van der Waals surface area (Å²) in [6.45, 7) is 0. The average molecular weight is 805 g/mol. The van der Waals surface area contributed by atoms with Crippen LogP contribution in [0.25, 0.3) is 93.9 Å². The van der Waals surface area contributed by atoms with E-state index in [1.54, 1.807) is 0 Å². The van der Waals surface area contributed by atoms with E-state index < -0.39 is 0 Å². The summed E-state index contributed by atoms with van der Waals surface area (Å²) in [6.07, 6.45) is 0. The highest BCUT2D eigenvalue weighted by Gasteiger charge is 2.22. The lowest BCUT2D eigenvalue weighted by molar-refractivity contribution is 0.669. The molecule has 0 aliphatic heterocycles. The van der Waals surface area contributed by atoms with Crippen LogP contribution in [0.4, 0.5) is 17.1 Å². The van der Waals surface area contributed by atoms with E-state index in [0.29, 0.717) is 0 Å². The summed E-state index contributed by atoms with van der Waals surface area (Å²) in [5.74, 6) is 0. The molecule has 0 atom stereocenters. The zero-order valence-electron chi connectivity index (χ0n) is 34.4. The summed E-state index contributed by atoms with van der Waals surface area (Å²) in [5.41, 5.74) is 17.7. The molecule has 0 saturated heterocycles. The molecule has 63 heavy (non-hydrogen) atoms. The van der Waals surface area contributed by atoms with Crippen molar-refractivity contribution >= 4 is 60.8 Å². The smallest absolute Gasteiger partial charge is 0.136 e. The quantitative estimate of drug-likeness (QED) is 0.153. The van der Waals surface area contributed by atoms with Gasteiger partial charge in [0.2, 0.25) is 0 Å². The van der Waals surface area contributed by atoms with Crippen molar-refractivity contribution < 1.29 is 4.42 Å². The summed E-state index contributed by atoms with van der Waals surface area (Å²) in [5, 5.41) is 4.74. The zero-order valence-corrected chi connectivity index (χ0v) is 34.4. The number of benzene rings is 10. The minimum atomic E-state index is 0.875. The normalized spacial score (nSPS) is 11.5. The lowest BCUT2D eigenvalue weighted by Crippen LogP contribution is -2.12. The molecule has 2 heterocycles. The van der Waals surface area contributed by atoms with E-state index in [4.69, 9.17) is 4.42 Å². The number of rotatable bonds is 8. The maximum Gasteiger partial charge on any atom is 0.136 e. The molecular weight excluding hydrogens is 765 g/mol. The zero-order chi connectivity index (χ0) is 41.7. The first kappa shape index (κ1) is 36.5. The number of hydrogen-bond donors (Lipinski definition) is 0. The van der Waals surface area contributed by atoms with Crippen LogP contribution in [0.1, 0.15) is 0 Å². The van der Waals surface area contributed by atoms with Gasteiger partial charge in [0.25, 0.3) is 0 Å². The van der Waals surface area contributed by atoms with Crippen molar-refractivity contribution in [3.8, 4) is 50.2 Å². The standard InChI is InChI=1S/C60H40N2O/c1-2-16-41(17-3-1)42-30-32-43(33-31-42)47-18-4-10-24-54(47)61(55-25-11-6-20-49(55)45-36-39-53-52-23-9-15-29-59(52)63-60(53)40-45)46-37-34-44(35-38-46)48-19-5-12-26-56(48)62-57-27-13-7-21-50(57)51-22-8-14-28-58(51)62/h1-40H. The Morgan fingerprint density at radius 3 is 1.46 bits per heavy atom. The highest BCUT2D eigenvalue weighted by molar-refractivity contribution is 6.10. The Bertz CT molecular complexity index is 3560. The highest BCUT2D eigenvalue weighted by Crippen LogP contribution is 2.46. The van der Waals surface area contributed by atoms with Crippen molar-refractivity contribution in [2.24, 2.45) is 0 Å². The van der Waals surface area contributed by atoms with Gasteiger partial charge in [-0.15, -0.1) is 0 Å². The average Bonchev–Trinajstić information content (AvgIpc) is 3.90. The number of fused-ring (bicyclic) bond motifs is 6. The third-order valence-electron chi connectivity index (χ3n) is 12.4. The van der Waals surface area contributed by atoms with Gasteiger partial charge in [-0.2, -0.15) is 0 Å². The van der Waals surface area contributed by atoms with Crippen LogP contribution >= 0.6 is 0 Å². The number of furan rings is 1. The molecule has 0 unspecified atom stereocenters. The second kappa shape index (κ2) is 15.3. The Morgan fingerprint density at radius 2 is 0.762 bits per heavy atom. The molecule has 3 heteroatoms. The Balaban J connectivity index is 1.02. The summed E-state index contributed by atoms with van der Waals surface area (Å²) in [4.78, 5) is 2.42. The van der Waals surface area contributed by atoms with E-state index in [0.717, 1.165) is 72.5 Å². The number of aromatic nitrogens is 1. The predicted molar refractivity (Wildman–Crippen MR) is 264 cm³/mol. The Kier molecular flexibility index (Phi) is 8.83. The lowest BCUT2D eigenvalue weighted by atomic mass is 9.96. The van der Waals surface area contributed by atoms with Crippen molar-refractivity contribution in [1.29, 1.82) is 0 Å². The van der Waals surface area contributed by atoms with Gasteiger partial charge < -0.3 is 13.9 Å². The molecule has 0 aliphatic carbocycles. The van der Waals surface area contributed by atoms with Gasteiger partial charge >= 0.3 is 0 Å². The Hall–Kier alpha value is -8.40. The molecular formula is C60H40N2O. The fourth-order valence-corrected chi connectivity index (χ4v) is 9.48. The van der Waals surface area contributed by atoms with Gasteiger partial charge in [-0.1, -0.05) is 182 Å². The molecule has 12 rings (SSSR count). The molecule has 0 amide bonds. The molecule has 10 aromatic carbocycles. The number of anilines is 3. The van der Waals surface area contributed by atoms with Crippen LogP contribution in [-0.2, 0) is 0 Å². The lowest BCUT2D eigenvalue weighted by Gasteiger charge is -2.30. The van der Waals surface area contributed by atoms with Crippen LogP contribution in [0.15, 0.2) is 247 Å². The first-order chi connectivity index (χ1) is 31.3. The van der Waals surface area contributed by atoms with Gasteiger partial charge in [0, 0.05) is 43.9 Å². The van der Waals surface area contributed by atoms with Crippen LogP contribution in [-0.4, -0.2) is 4.57 Å². The highest BCUT2D eigenvalue weighted by atomic mass is 16.3. The van der Waals surface area contributed by atoms with E-state index in [1.807, 2.05) is 12.1 Å². The van der Waals surface area contributed by atoms with Crippen molar-refractivity contribution in [3.05, 3.63) is 243 Å². The molecule has 0 aliphatic rings. The largest absolute Gasteiger partial charge is 0.456 e. The molecule has 0 bridgehead atoms. The molecule has 0 fully saturated rings. The molecule has 296 valence electrons. The topological polar surface area (TPSA) is 21.3 Å². The van der Waals surface area contributed by atoms with Crippen LogP contribution in [0.3, 0.4) is 0 Å². The molecule has 0 spiro atoms. The van der Waals surface area contributed by atoms with Gasteiger partial charge in [0.05, 0.1) is 28.1 Å². The second-order valence-corrected chi connectivity index (χ2v) is 16.1. The van der Waals surface area contributed by atoms with Crippen LogP contribution in [0.5, 0.6) is 0 Å². The SMILES string of the molecule is c1ccc(-c2ccc(-c3ccccc3N(c3ccc(-c4ccccc4-n4c5ccccc5c5ccccc54)cc3)c3ccccc3-c3ccc4c(c3)oc3ccccc34)cc2)cc1. The number of nitrogens with zero attached hydrogens (tertiary/aromatic N) is 2. The minimum absolute atomic E-state index is 0.875. The van der Waals surface area contributed by atoms with Crippen molar-refractivity contribution in [2.45, 2.75) is 0 Å². The molecule has 0 saturated carbocycles. The monoisotopic (exact) mass is 804 g/mol. The molecule has 12 aromatic rings. The van der Waals surface area contributed by atoms with E-state index in [1.165, 1.54) is 38.5 Å². The van der Waals surface area contributed by atoms with Crippen molar-refractivity contribution in [2.75, 3.05) is 4.90 Å². The maximum atomic E-state index is 6.43. The first-order valence-electron chi connectivity index (χ1n) is 21.5. The van der Waals surface area contributed by atoms with Gasteiger partial charge in [-0.25, -0.2) is 0 Å². The molecule has 2 aromatic heterocycles. The fourth-order valence-electron chi connectivity index (χ4n) is 9.48. The maximum absolute atomic E-state index is 6.43. The summed E-state index contributed by atoms with van der Waals surface area (Å²) < 4.78 is 8.84. The third-order valence-corrected chi connectivity index (χ3v) is 12.4. The van der Waals surface area contributed by atoms with Crippen molar-refractivity contribution in [1.82, 2.24) is 4.57 Å². The first-order valence-corrected chi connectivity index (χ1v) is 21.5. The summed E-state index contributed by atoms with van der Waals surface area (Å²) in [6, 6.07) is 87.1. The van der Waals surface area contributed by atoms with Gasteiger partial charge in [-0.05, 0) is 88.5 Å². The van der Waals surface area contributed by atoms with Crippen LogP contribution in [0, 0.1) is 0 Å². The Morgan fingerprint density at radius 1 is 0.302 bits per heavy atom. The van der Waals surface area contributed by atoms with E-state index >= 15 is 0 Å². The fraction of sp³-hybridized carbons (Fsp3) is 0. The third kappa shape index (κ3) is 6.29. The number of para-hydroxylation sites is 6. The van der Waals surface area contributed by atoms with E-state index in [9.17, 15) is 0 Å². The summed E-state index contributed by atoms with van der Waals surface area (Å²) >= 11 is 0. The summed E-state index contributed by atoms with van der Waals surface area (Å²) in [7, 11) is 0. The predicted octanol–water partition coefficient (Wildman–Crippen LogP) is 16.8. The molecule has 0 N–H and O–H groups in total. The van der Waals surface area contributed by atoms with Crippen molar-refractivity contribution in [3.63, 3.8) is 0 Å². The minimum Gasteiger partial charge on any atom is -0.456 e. The van der Waals surface area contributed by atoms with Gasteiger partial charge in [0.1, 0.15) is 11.2 Å². The molecule has 3 nitrogen and oxygen atoms in total. The van der Waals surface area contributed by atoms with Crippen LogP contribution in [0.2, 0.25) is 0 Å². The Labute approximate surface area is 366 Å². The molecule has 0 radical (unpaired) electrons. The van der Waals surface area contributed by atoms with Crippen LogP contribution < -0.4 is 4.90 Å². The van der Waals surface area contributed by atoms with Gasteiger partial charge in [0.15, 0.2) is 0 Å². The number of hydrogen-bond acceptors (Lipinski definition) is 2. The van der Waals surface area contributed by atoms with Gasteiger partial charge in [-0.3, -0.25) is 0 Å². The van der Waals surface area contributed by atoms with E-state index in [2.05, 4.69) is 240 Å².